The molecule has 0 spiro atoms. The number of rotatable bonds is 4. The van der Waals surface area contributed by atoms with Crippen molar-refractivity contribution >= 4 is 23.4 Å². The Labute approximate surface area is 119 Å². The average molecular weight is 279 g/mol. The fraction of sp³-hybridized carbons (Fsp3) is 0.533. The van der Waals surface area contributed by atoms with Crippen LogP contribution in [0, 0.1) is 5.92 Å². The highest BCUT2D eigenvalue weighted by Crippen LogP contribution is 2.32. The fourth-order valence-electron chi connectivity index (χ4n) is 2.79. The van der Waals surface area contributed by atoms with E-state index in [1.807, 2.05) is 24.5 Å². The summed E-state index contributed by atoms with van der Waals surface area (Å²) in [6, 6.07) is 5.79. The molecule has 1 atom stereocenters. The highest BCUT2D eigenvalue weighted by atomic mass is 32.2. The van der Waals surface area contributed by atoms with Crippen molar-refractivity contribution in [1.29, 1.82) is 0 Å². The first kappa shape index (κ1) is 14.3. The number of carbonyl (C=O) groups is 1. The molecule has 1 unspecified atom stereocenters. The molecule has 1 N–H and O–H groups in total. The van der Waals surface area contributed by atoms with Crippen molar-refractivity contribution < 1.29 is 9.90 Å². The maximum absolute atomic E-state index is 11.6. The van der Waals surface area contributed by atoms with Gasteiger partial charge in [0.2, 0.25) is 0 Å². The Hall–Kier alpha value is -1.16. The number of benzene rings is 1. The smallest absolute Gasteiger partial charge is 0.338 e. The van der Waals surface area contributed by atoms with E-state index in [1.165, 1.54) is 24.6 Å². The fourth-order valence-corrected chi connectivity index (χ4v) is 3.40. The van der Waals surface area contributed by atoms with Gasteiger partial charge in [-0.25, -0.2) is 4.79 Å². The molecule has 104 valence electrons. The van der Waals surface area contributed by atoms with Crippen LogP contribution in [-0.4, -0.2) is 30.4 Å². The summed E-state index contributed by atoms with van der Waals surface area (Å²) in [6.45, 7) is 4.16. The van der Waals surface area contributed by atoms with E-state index in [0.29, 0.717) is 11.5 Å². The average Bonchev–Trinajstić information content (AvgIpc) is 2.46. The van der Waals surface area contributed by atoms with E-state index in [9.17, 15) is 9.90 Å². The molecule has 1 fully saturated rings. The predicted molar refractivity (Wildman–Crippen MR) is 80.4 cm³/mol. The van der Waals surface area contributed by atoms with Crippen molar-refractivity contribution in [2.75, 3.05) is 24.2 Å². The summed E-state index contributed by atoms with van der Waals surface area (Å²) >= 11 is 1.50. The summed E-state index contributed by atoms with van der Waals surface area (Å²) < 4.78 is 0. The summed E-state index contributed by atoms with van der Waals surface area (Å²) in [7, 11) is 0. The zero-order valence-corrected chi connectivity index (χ0v) is 12.4. The molecule has 3 nitrogen and oxygen atoms in total. The molecule has 1 aliphatic heterocycles. The lowest BCUT2D eigenvalue weighted by Crippen LogP contribution is -2.36. The summed E-state index contributed by atoms with van der Waals surface area (Å²) in [5.74, 6) is -0.132. The van der Waals surface area contributed by atoms with Gasteiger partial charge in [0.1, 0.15) is 0 Å². The van der Waals surface area contributed by atoms with Crippen molar-refractivity contribution in [1.82, 2.24) is 0 Å². The van der Waals surface area contributed by atoms with Gasteiger partial charge in [0.15, 0.2) is 0 Å². The molecule has 0 aromatic heterocycles. The maximum Gasteiger partial charge on any atom is 0.338 e. The monoisotopic (exact) mass is 279 g/mol. The summed E-state index contributed by atoms with van der Waals surface area (Å²) in [5, 5.41) is 9.49. The van der Waals surface area contributed by atoms with Gasteiger partial charge in [-0.15, -0.1) is 11.8 Å². The molecule has 1 aliphatic rings. The van der Waals surface area contributed by atoms with Crippen molar-refractivity contribution in [2.45, 2.75) is 31.1 Å². The topological polar surface area (TPSA) is 40.5 Å². The second-order valence-corrected chi connectivity index (χ2v) is 5.87. The Balaban J connectivity index is 2.35. The third kappa shape index (κ3) is 3.06. The molecule has 1 aromatic rings. The minimum absolute atomic E-state index is 0.465. The van der Waals surface area contributed by atoms with Crippen LogP contribution in [-0.2, 0) is 0 Å². The van der Waals surface area contributed by atoms with Crippen LogP contribution in [0.25, 0.3) is 0 Å². The third-order valence-electron chi connectivity index (χ3n) is 3.88. The largest absolute Gasteiger partial charge is 0.478 e. The number of carboxylic acid groups (broad SMARTS) is 1. The molecule has 1 heterocycles. The van der Waals surface area contributed by atoms with Crippen LogP contribution in [0.4, 0.5) is 5.69 Å². The second kappa shape index (κ2) is 6.33. The van der Waals surface area contributed by atoms with Crippen LogP contribution in [0.3, 0.4) is 0 Å². The minimum atomic E-state index is -0.821. The number of carboxylic acids is 1. The number of thioether (sulfide) groups is 1. The van der Waals surface area contributed by atoms with E-state index in [-0.39, 0.29) is 0 Å². The van der Waals surface area contributed by atoms with Gasteiger partial charge in [-0.2, -0.15) is 0 Å². The lowest BCUT2D eigenvalue weighted by molar-refractivity contribution is 0.0693. The number of hydrogen-bond acceptors (Lipinski definition) is 3. The summed E-state index contributed by atoms with van der Waals surface area (Å²) in [4.78, 5) is 14.7. The van der Waals surface area contributed by atoms with Crippen molar-refractivity contribution in [3.05, 3.63) is 23.8 Å². The number of piperidine rings is 1. The lowest BCUT2D eigenvalue weighted by atomic mass is 9.94. The molecule has 1 aromatic carbocycles. The molecular weight excluding hydrogens is 258 g/mol. The van der Waals surface area contributed by atoms with Crippen molar-refractivity contribution in [2.24, 2.45) is 5.92 Å². The van der Waals surface area contributed by atoms with Crippen LogP contribution >= 0.6 is 11.8 Å². The van der Waals surface area contributed by atoms with E-state index in [4.69, 9.17) is 0 Å². The molecule has 0 bridgehead atoms. The minimum Gasteiger partial charge on any atom is -0.478 e. The van der Waals surface area contributed by atoms with Gasteiger partial charge >= 0.3 is 5.97 Å². The summed E-state index contributed by atoms with van der Waals surface area (Å²) in [5.41, 5.74) is 1.35. The molecule has 4 heteroatoms. The highest BCUT2D eigenvalue weighted by Gasteiger charge is 2.24. The Morgan fingerprint density at radius 1 is 1.53 bits per heavy atom. The maximum atomic E-state index is 11.6. The number of anilines is 1. The molecular formula is C15H21NO2S. The van der Waals surface area contributed by atoms with Gasteiger partial charge in [0, 0.05) is 18.0 Å². The molecule has 0 saturated carbocycles. The number of hydrogen-bond donors (Lipinski definition) is 1. The van der Waals surface area contributed by atoms with Gasteiger partial charge < -0.3 is 10.0 Å². The molecule has 0 amide bonds. The van der Waals surface area contributed by atoms with Crippen LogP contribution in [0.5, 0.6) is 0 Å². The normalized spacial score (nSPS) is 19.5. The SMILES string of the molecule is CCC1CCCN(c2cccc(SC)c2C(=O)O)C1. The van der Waals surface area contributed by atoms with Gasteiger partial charge in [-0.3, -0.25) is 0 Å². The summed E-state index contributed by atoms with van der Waals surface area (Å²) in [6.07, 6.45) is 5.51. The standard InChI is InChI=1S/C15H21NO2S/c1-3-11-6-5-9-16(10-11)12-7-4-8-13(19-2)14(12)15(17)18/h4,7-8,11H,3,5-6,9-10H2,1-2H3,(H,17,18). The Morgan fingerprint density at radius 2 is 2.32 bits per heavy atom. The number of aromatic carboxylic acids is 1. The van der Waals surface area contributed by atoms with Crippen LogP contribution in [0.2, 0.25) is 0 Å². The number of nitrogens with zero attached hydrogens (tertiary/aromatic N) is 1. The molecule has 19 heavy (non-hydrogen) atoms. The quantitative estimate of drug-likeness (QED) is 0.853. The zero-order valence-electron chi connectivity index (χ0n) is 11.6. The first-order valence-electron chi connectivity index (χ1n) is 6.82. The Kier molecular flexibility index (Phi) is 4.75. The van der Waals surface area contributed by atoms with Gasteiger partial charge in [-0.1, -0.05) is 19.4 Å². The van der Waals surface area contributed by atoms with E-state index >= 15 is 0 Å². The third-order valence-corrected chi connectivity index (χ3v) is 4.66. The van der Waals surface area contributed by atoms with Crippen LogP contribution in [0.1, 0.15) is 36.5 Å². The van der Waals surface area contributed by atoms with E-state index in [0.717, 1.165) is 30.1 Å². The molecule has 2 rings (SSSR count). The molecule has 0 radical (unpaired) electrons. The van der Waals surface area contributed by atoms with E-state index in [2.05, 4.69) is 11.8 Å². The predicted octanol–water partition coefficient (Wildman–Crippen LogP) is 3.73. The van der Waals surface area contributed by atoms with Gasteiger partial charge in [0.25, 0.3) is 0 Å². The van der Waals surface area contributed by atoms with Crippen LogP contribution < -0.4 is 4.90 Å². The Bertz CT molecular complexity index is 461. The van der Waals surface area contributed by atoms with E-state index in [1.54, 1.807) is 0 Å². The first-order chi connectivity index (χ1) is 9.17. The van der Waals surface area contributed by atoms with Gasteiger partial charge in [0.05, 0.1) is 11.3 Å². The second-order valence-electron chi connectivity index (χ2n) is 5.02. The van der Waals surface area contributed by atoms with Gasteiger partial charge in [-0.05, 0) is 37.1 Å². The zero-order chi connectivity index (χ0) is 13.8. The Morgan fingerprint density at radius 3 is 2.95 bits per heavy atom. The van der Waals surface area contributed by atoms with Crippen molar-refractivity contribution in [3.8, 4) is 0 Å². The van der Waals surface area contributed by atoms with E-state index < -0.39 is 5.97 Å². The molecule has 0 aliphatic carbocycles. The first-order valence-corrected chi connectivity index (χ1v) is 8.05. The van der Waals surface area contributed by atoms with Crippen molar-refractivity contribution in [3.63, 3.8) is 0 Å². The lowest BCUT2D eigenvalue weighted by Gasteiger charge is -2.35. The molecule has 1 saturated heterocycles. The van der Waals surface area contributed by atoms with Crippen LogP contribution in [0.15, 0.2) is 23.1 Å². The highest BCUT2D eigenvalue weighted by molar-refractivity contribution is 7.98.